The summed E-state index contributed by atoms with van der Waals surface area (Å²) >= 11 is 3.49. The molecule has 2 aromatic carbocycles. The molecule has 0 aliphatic rings. The van der Waals surface area contributed by atoms with Gasteiger partial charge in [0, 0.05) is 22.8 Å². The molecule has 0 radical (unpaired) electrons. The topological polar surface area (TPSA) is 21.3 Å². The van der Waals surface area contributed by atoms with Crippen molar-refractivity contribution in [1.82, 2.24) is 0 Å². The van der Waals surface area contributed by atoms with Gasteiger partial charge >= 0.3 is 0 Å². The lowest BCUT2D eigenvalue weighted by atomic mass is 9.87. The first-order chi connectivity index (χ1) is 9.88. The lowest BCUT2D eigenvalue weighted by molar-refractivity contribution is 0.414. The van der Waals surface area contributed by atoms with Gasteiger partial charge in [-0.2, -0.15) is 0 Å². The van der Waals surface area contributed by atoms with E-state index in [0.29, 0.717) is 0 Å². The Balaban J connectivity index is 2.05. The molecule has 0 fully saturated rings. The fraction of sp³-hybridized carbons (Fsp3) is 0.333. The van der Waals surface area contributed by atoms with Crippen molar-refractivity contribution in [1.29, 1.82) is 0 Å². The van der Waals surface area contributed by atoms with Gasteiger partial charge < -0.3 is 10.1 Å². The summed E-state index contributed by atoms with van der Waals surface area (Å²) in [6.45, 7) is 7.49. The van der Waals surface area contributed by atoms with Gasteiger partial charge in [-0.1, -0.05) is 61.0 Å². The van der Waals surface area contributed by atoms with Crippen LogP contribution in [0.4, 0.5) is 5.69 Å². The van der Waals surface area contributed by atoms with Crippen LogP contribution in [0.1, 0.15) is 31.9 Å². The van der Waals surface area contributed by atoms with Crippen molar-refractivity contribution in [2.24, 2.45) is 0 Å². The molecule has 0 heterocycles. The van der Waals surface area contributed by atoms with Crippen LogP contribution in [0.5, 0.6) is 5.75 Å². The minimum absolute atomic E-state index is 0.198. The maximum Gasteiger partial charge on any atom is 0.122 e. The fourth-order valence-corrected chi connectivity index (χ4v) is 2.58. The van der Waals surface area contributed by atoms with Crippen LogP contribution in [0.15, 0.2) is 46.9 Å². The van der Waals surface area contributed by atoms with Crippen molar-refractivity contribution >= 4 is 21.6 Å². The van der Waals surface area contributed by atoms with Gasteiger partial charge in [0.05, 0.1) is 7.11 Å². The van der Waals surface area contributed by atoms with Gasteiger partial charge in [-0.3, -0.25) is 0 Å². The second-order valence-electron chi connectivity index (χ2n) is 6.18. The largest absolute Gasteiger partial charge is 0.497 e. The van der Waals surface area contributed by atoms with Crippen molar-refractivity contribution in [3.63, 3.8) is 0 Å². The Morgan fingerprint density at radius 1 is 1.05 bits per heavy atom. The molecule has 0 amide bonds. The highest BCUT2D eigenvalue weighted by molar-refractivity contribution is 9.10. The predicted octanol–water partition coefficient (Wildman–Crippen LogP) is 5.37. The smallest absolute Gasteiger partial charge is 0.122 e. The molecule has 0 atom stereocenters. The second kappa shape index (κ2) is 6.52. The monoisotopic (exact) mass is 347 g/mol. The van der Waals surface area contributed by atoms with E-state index >= 15 is 0 Å². The number of ether oxygens (including phenoxy) is 1. The number of hydrogen-bond donors (Lipinski definition) is 1. The number of anilines is 1. The van der Waals surface area contributed by atoms with E-state index in [-0.39, 0.29) is 5.41 Å². The molecule has 2 aromatic rings. The zero-order valence-electron chi connectivity index (χ0n) is 13.0. The standard InChI is InChI=1S/C18H22BrNO/c1-18(2,3)14-7-5-13(6-8-14)12-20-16-9-15(19)10-17(11-16)21-4/h5-11,20H,12H2,1-4H3. The third-order valence-electron chi connectivity index (χ3n) is 3.42. The van der Waals surface area contributed by atoms with Gasteiger partial charge in [0.2, 0.25) is 0 Å². The van der Waals surface area contributed by atoms with E-state index in [4.69, 9.17) is 4.74 Å². The van der Waals surface area contributed by atoms with Crippen LogP contribution in [-0.2, 0) is 12.0 Å². The molecule has 3 heteroatoms. The first-order valence-electron chi connectivity index (χ1n) is 7.06. The third kappa shape index (κ3) is 4.50. The molecule has 1 N–H and O–H groups in total. The minimum Gasteiger partial charge on any atom is -0.497 e. The van der Waals surface area contributed by atoms with Crippen LogP contribution in [0, 0.1) is 0 Å². The number of rotatable bonds is 4. The van der Waals surface area contributed by atoms with E-state index in [1.165, 1.54) is 11.1 Å². The van der Waals surface area contributed by atoms with Crippen LogP contribution in [0.3, 0.4) is 0 Å². The van der Waals surface area contributed by atoms with Crippen LogP contribution < -0.4 is 10.1 Å². The second-order valence-corrected chi connectivity index (χ2v) is 7.10. The number of methoxy groups -OCH3 is 1. The minimum atomic E-state index is 0.198. The maximum atomic E-state index is 5.27. The summed E-state index contributed by atoms with van der Waals surface area (Å²) in [7, 11) is 1.68. The van der Waals surface area contributed by atoms with Gasteiger partial charge in [0.1, 0.15) is 5.75 Å². The van der Waals surface area contributed by atoms with Crippen molar-refractivity contribution in [2.75, 3.05) is 12.4 Å². The van der Waals surface area contributed by atoms with E-state index in [9.17, 15) is 0 Å². The van der Waals surface area contributed by atoms with Crippen molar-refractivity contribution in [2.45, 2.75) is 32.7 Å². The van der Waals surface area contributed by atoms with Crippen LogP contribution in [0.25, 0.3) is 0 Å². The van der Waals surface area contributed by atoms with Crippen molar-refractivity contribution in [3.8, 4) is 5.75 Å². The Labute approximate surface area is 135 Å². The average Bonchev–Trinajstić information content (AvgIpc) is 2.44. The molecular weight excluding hydrogens is 326 g/mol. The highest BCUT2D eigenvalue weighted by atomic mass is 79.9. The lowest BCUT2D eigenvalue weighted by Crippen LogP contribution is -2.11. The fourth-order valence-electron chi connectivity index (χ4n) is 2.11. The van der Waals surface area contributed by atoms with Gasteiger partial charge in [-0.15, -0.1) is 0 Å². The first-order valence-corrected chi connectivity index (χ1v) is 7.85. The Bertz CT molecular complexity index is 600. The maximum absolute atomic E-state index is 5.27. The highest BCUT2D eigenvalue weighted by Gasteiger charge is 2.12. The molecule has 2 nitrogen and oxygen atoms in total. The third-order valence-corrected chi connectivity index (χ3v) is 3.88. The molecule has 0 bridgehead atoms. The first kappa shape index (κ1) is 15.9. The van der Waals surface area contributed by atoms with Crippen LogP contribution in [-0.4, -0.2) is 7.11 Å². The molecule has 0 aliphatic heterocycles. The Morgan fingerprint density at radius 2 is 1.71 bits per heavy atom. The van der Waals surface area contributed by atoms with Gasteiger partial charge in [0.25, 0.3) is 0 Å². The number of halogens is 1. The Hall–Kier alpha value is -1.48. The number of nitrogens with one attached hydrogen (secondary N) is 1. The average molecular weight is 348 g/mol. The lowest BCUT2D eigenvalue weighted by Gasteiger charge is -2.19. The summed E-state index contributed by atoms with van der Waals surface area (Å²) in [5.41, 5.74) is 3.86. The molecule has 112 valence electrons. The highest BCUT2D eigenvalue weighted by Crippen LogP contribution is 2.25. The number of benzene rings is 2. The van der Waals surface area contributed by atoms with E-state index < -0.39 is 0 Å². The zero-order chi connectivity index (χ0) is 15.5. The molecule has 0 saturated heterocycles. The molecular formula is C18H22BrNO. The van der Waals surface area contributed by atoms with Gasteiger partial charge in [0.15, 0.2) is 0 Å². The quantitative estimate of drug-likeness (QED) is 0.802. The predicted molar refractivity (Wildman–Crippen MR) is 93.2 cm³/mol. The molecule has 0 spiro atoms. The Kier molecular flexibility index (Phi) is 4.94. The van der Waals surface area contributed by atoms with Gasteiger partial charge in [-0.05, 0) is 28.7 Å². The molecule has 21 heavy (non-hydrogen) atoms. The normalized spacial score (nSPS) is 11.3. The summed E-state index contributed by atoms with van der Waals surface area (Å²) in [6.07, 6.45) is 0. The molecule has 0 unspecified atom stereocenters. The van der Waals surface area contributed by atoms with E-state index in [2.05, 4.69) is 66.3 Å². The van der Waals surface area contributed by atoms with Crippen molar-refractivity contribution < 1.29 is 4.74 Å². The van der Waals surface area contributed by atoms with Crippen LogP contribution in [0.2, 0.25) is 0 Å². The summed E-state index contributed by atoms with van der Waals surface area (Å²) in [5, 5.41) is 3.42. The van der Waals surface area contributed by atoms with Gasteiger partial charge in [-0.25, -0.2) is 0 Å². The molecule has 0 aliphatic carbocycles. The summed E-state index contributed by atoms with van der Waals surface area (Å²) in [6, 6.07) is 14.8. The summed E-state index contributed by atoms with van der Waals surface area (Å²) < 4.78 is 6.28. The number of hydrogen-bond acceptors (Lipinski definition) is 2. The molecule has 0 aromatic heterocycles. The van der Waals surface area contributed by atoms with E-state index in [1.807, 2.05) is 18.2 Å². The van der Waals surface area contributed by atoms with Crippen LogP contribution >= 0.6 is 15.9 Å². The summed E-state index contributed by atoms with van der Waals surface area (Å²) in [5.74, 6) is 0.843. The Morgan fingerprint density at radius 3 is 2.29 bits per heavy atom. The van der Waals surface area contributed by atoms with E-state index in [0.717, 1.165) is 22.5 Å². The van der Waals surface area contributed by atoms with Crippen molar-refractivity contribution in [3.05, 3.63) is 58.1 Å². The molecule has 0 saturated carbocycles. The van der Waals surface area contributed by atoms with E-state index in [1.54, 1.807) is 7.11 Å². The SMILES string of the molecule is COc1cc(Br)cc(NCc2ccc(C(C)(C)C)cc2)c1. The zero-order valence-corrected chi connectivity index (χ0v) is 14.6. The summed E-state index contributed by atoms with van der Waals surface area (Å²) in [4.78, 5) is 0. The molecule has 2 rings (SSSR count).